The maximum absolute atomic E-state index is 12.9. The van der Waals surface area contributed by atoms with E-state index in [1.165, 1.54) is 7.11 Å². The van der Waals surface area contributed by atoms with E-state index >= 15 is 0 Å². The van der Waals surface area contributed by atoms with Crippen molar-refractivity contribution in [2.45, 2.75) is 32.1 Å². The molecule has 1 aromatic rings. The molecule has 4 nitrogen and oxygen atoms in total. The van der Waals surface area contributed by atoms with Crippen molar-refractivity contribution in [2.24, 2.45) is 5.41 Å². The molecule has 0 aromatic heterocycles. The van der Waals surface area contributed by atoms with E-state index in [0.717, 1.165) is 18.4 Å². The fourth-order valence-electron chi connectivity index (χ4n) is 2.91. The van der Waals surface area contributed by atoms with Gasteiger partial charge in [0.1, 0.15) is 5.41 Å². The summed E-state index contributed by atoms with van der Waals surface area (Å²) in [6, 6.07) is 9.40. The van der Waals surface area contributed by atoms with Gasteiger partial charge in [-0.05, 0) is 31.2 Å². The predicted molar refractivity (Wildman–Crippen MR) is 73.0 cm³/mol. The van der Waals surface area contributed by atoms with Crippen molar-refractivity contribution in [3.05, 3.63) is 35.4 Å². The van der Waals surface area contributed by atoms with Gasteiger partial charge in [-0.2, -0.15) is 5.26 Å². The summed E-state index contributed by atoms with van der Waals surface area (Å²) in [6.07, 6.45) is 2.34. The Kier molecular flexibility index (Phi) is 4.19. The highest BCUT2D eigenvalue weighted by atomic mass is 16.5. The van der Waals surface area contributed by atoms with Crippen molar-refractivity contribution >= 4 is 11.8 Å². The van der Waals surface area contributed by atoms with Gasteiger partial charge in [0.05, 0.1) is 13.2 Å². The highest BCUT2D eigenvalue weighted by molar-refractivity contribution is 6.13. The van der Waals surface area contributed by atoms with E-state index in [1.807, 2.05) is 18.2 Å². The maximum Gasteiger partial charge on any atom is 0.319 e. The zero-order chi connectivity index (χ0) is 14.6. The average molecular weight is 271 g/mol. The van der Waals surface area contributed by atoms with E-state index in [2.05, 4.69) is 0 Å². The van der Waals surface area contributed by atoms with Crippen LogP contribution in [0.2, 0.25) is 0 Å². The molecule has 0 heterocycles. The molecule has 0 saturated carbocycles. The van der Waals surface area contributed by atoms with Crippen LogP contribution in [-0.4, -0.2) is 18.9 Å². The van der Waals surface area contributed by atoms with E-state index < -0.39 is 11.4 Å². The number of carbonyl (C=O) groups excluding carboxylic acids is 2. The number of hydrogen-bond acceptors (Lipinski definition) is 4. The number of nitriles is 1. The Morgan fingerprint density at radius 3 is 2.90 bits per heavy atom. The molecule has 0 aliphatic heterocycles. The third-order valence-corrected chi connectivity index (χ3v) is 3.99. The summed E-state index contributed by atoms with van der Waals surface area (Å²) >= 11 is 0. The third kappa shape index (κ3) is 2.32. The van der Waals surface area contributed by atoms with Crippen LogP contribution >= 0.6 is 0 Å². The highest BCUT2D eigenvalue weighted by Crippen LogP contribution is 2.39. The normalized spacial score (nSPS) is 21.5. The van der Waals surface area contributed by atoms with E-state index in [1.54, 1.807) is 12.1 Å². The Morgan fingerprint density at radius 2 is 2.20 bits per heavy atom. The minimum atomic E-state index is -1.20. The summed E-state index contributed by atoms with van der Waals surface area (Å²) in [5, 5.41) is 8.80. The van der Waals surface area contributed by atoms with Crippen LogP contribution < -0.4 is 0 Å². The number of benzene rings is 1. The molecule has 1 aromatic carbocycles. The number of ketones is 1. The number of Topliss-reactive ketones (excluding diaryl/α,β-unsaturated/α-hetero) is 1. The number of fused-ring (bicyclic) bond motifs is 1. The lowest BCUT2D eigenvalue weighted by Gasteiger charge is -2.27. The van der Waals surface area contributed by atoms with Crippen molar-refractivity contribution in [3.8, 4) is 6.07 Å². The standard InChI is InChI=1S/C16H17NO3/c1-20-15(19)16(10-5-11-17)9-4-7-12-6-2-3-8-13(12)14(16)18/h2-3,6,8H,4-5,7,9-10H2,1H3. The molecule has 0 spiro atoms. The van der Waals surface area contributed by atoms with Gasteiger partial charge in [-0.1, -0.05) is 24.3 Å². The van der Waals surface area contributed by atoms with Crippen LogP contribution in [0.3, 0.4) is 0 Å². The number of carbonyl (C=O) groups is 2. The van der Waals surface area contributed by atoms with Gasteiger partial charge < -0.3 is 4.74 Å². The second-order valence-corrected chi connectivity index (χ2v) is 5.07. The van der Waals surface area contributed by atoms with Crippen molar-refractivity contribution in [1.82, 2.24) is 0 Å². The zero-order valence-electron chi connectivity index (χ0n) is 11.5. The largest absolute Gasteiger partial charge is 0.468 e. The molecule has 20 heavy (non-hydrogen) atoms. The van der Waals surface area contributed by atoms with Crippen molar-refractivity contribution in [2.75, 3.05) is 7.11 Å². The molecule has 0 radical (unpaired) electrons. The summed E-state index contributed by atoms with van der Waals surface area (Å²) in [4.78, 5) is 25.1. The summed E-state index contributed by atoms with van der Waals surface area (Å²) in [6.45, 7) is 0. The van der Waals surface area contributed by atoms with E-state index in [-0.39, 0.29) is 18.6 Å². The number of aryl methyl sites for hydroxylation is 1. The molecule has 1 atom stereocenters. The number of nitrogens with zero attached hydrogens (tertiary/aromatic N) is 1. The Morgan fingerprint density at radius 1 is 1.45 bits per heavy atom. The lowest BCUT2D eigenvalue weighted by molar-refractivity contribution is -0.150. The maximum atomic E-state index is 12.9. The fraction of sp³-hybridized carbons (Fsp3) is 0.438. The Hall–Kier alpha value is -2.15. The molecular weight excluding hydrogens is 254 g/mol. The lowest BCUT2D eigenvalue weighted by atomic mass is 9.74. The molecule has 0 amide bonds. The van der Waals surface area contributed by atoms with Crippen LogP contribution in [0.5, 0.6) is 0 Å². The number of ether oxygens (including phenoxy) is 1. The number of hydrogen-bond donors (Lipinski definition) is 0. The van der Waals surface area contributed by atoms with Crippen molar-refractivity contribution in [1.29, 1.82) is 5.26 Å². The lowest BCUT2D eigenvalue weighted by Crippen LogP contribution is -2.40. The molecular formula is C16H17NO3. The van der Waals surface area contributed by atoms with Gasteiger partial charge in [-0.25, -0.2) is 0 Å². The second kappa shape index (κ2) is 5.87. The second-order valence-electron chi connectivity index (χ2n) is 5.07. The molecule has 0 bridgehead atoms. The SMILES string of the molecule is COC(=O)C1(CCC#N)CCCc2ccccc2C1=O. The van der Waals surface area contributed by atoms with E-state index in [9.17, 15) is 9.59 Å². The number of methoxy groups -OCH3 is 1. The zero-order valence-corrected chi connectivity index (χ0v) is 11.5. The molecule has 104 valence electrons. The number of rotatable bonds is 3. The van der Waals surface area contributed by atoms with Gasteiger partial charge in [-0.3, -0.25) is 9.59 Å². The van der Waals surface area contributed by atoms with Gasteiger partial charge in [0, 0.05) is 12.0 Å². The van der Waals surface area contributed by atoms with Crippen LogP contribution in [0.25, 0.3) is 0 Å². The molecule has 1 aliphatic carbocycles. The van der Waals surface area contributed by atoms with Crippen molar-refractivity contribution < 1.29 is 14.3 Å². The van der Waals surface area contributed by atoms with Crippen LogP contribution in [-0.2, 0) is 16.0 Å². The molecule has 0 saturated heterocycles. The molecule has 2 rings (SSSR count). The summed E-state index contributed by atoms with van der Waals surface area (Å²) in [7, 11) is 1.29. The van der Waals surface area contributed by atoms with Crippen LogP contribution in [0.1, 0.15) is 41.6 Å². The fourth-order valence-corrected chi connectivity index (χ4v) is 2.91. The topological polar surface area (TPSA) is 67.2 Å². The first kappa shape index (κ1) is 14.3. The van der Waals surface area contributed by atoms with E-state index in [0.29, 0.717) is 12.0 Å². The quantitative estimate of drug-likeness (QED) is 0.481. The molecule has 0 fully saturated rings. The molecule has 1 aliphatic rings. The smallest absolute Gasteiger partial charge is 0.319 e. The Balaban J connectivity index is 2.49. The van der Waals surface area contributed by atoms with Gasteiger partial charge in [0.15, 0.2) is 5.78 Å². The molecule has 1 unspecified atom stereocenters. The average Bonchev–Trinajstić information content (AvgIpc) is 2.63. The molecule has 0 N–H and O–H groups in total. The third-order valence-electron chi connectivity index (χ3n) is 3.99. The Labute approximate surface area is 118 Å². The monoisotopic (exact) mass is 271 g/mol. The highest BCUT2D eigenvalue weighted by Gasteiger charge is 2.47. The first-order valence-electron chi connectivity index (χ1n) is 6.74. The van der Waals surface area contributed by atoms with Gasteiger partial charge >= 0.3 is 5.97 Å². The predicted octanol–water partition coefficient (Wildman–Crippen LogP) is 2.67. The van der Waals surface area contributed by atoms with Crippen molar-refractivity contribution in [3.63, 3.8) is 0 Å². The number of esters is 1. The summed E-state index contributed by atoms with van der Waals surface area (Å²) < 4.78 is 4.86. The summed E-state index contributed by atoms with van der Waals surface area (Å²) in [5.41, 5.74) is 0.366. The van der Waals surface area contributed by atoms with Gasteiger partial charge in [0.2, 0.25) is 0 Å². The van der Waals surface area contributed by atoms with E-state index in [4.69, 9.17) is 10.00 Å². The van der Waals surface area contributed by atoms with Crippen LogP contribution in [0.15, 0.2) is 24.3 Å². The van der Waals surface area contributed by atoms with Gasteiger partial charge in [0.25, 0.3) is 0 Å². The molecule has 4 heteroatoms. The minimum absolute atomic E-state index is 0.170. The van der Waals surface area contributed by atoms with Crippen LogP contribution in [0, 0.1) is 16.7 Å². The first-order chi connectivity index (χ1) is 9.65. The summed E-state index contributed by atoms with van der Waals surface area (Å²) in [5.74, 6) is -0.720. The van der Waals surface area contributed by atoms with Gasteiger partial charge in [-0.15, -0.1) is 0 Å². The first-order valence-corrected chi connectivity index (χ1v) is 6.74. The Bertz CT molecular complexity index is 573. The minimum Gasteiger partial charge on any atom is -0.468 e. The van der Waals surface area contributed by atoms with Crippen LogP contribution in [0.4, 0.5) is 0 Å².